The van der Waals surface area contributed by atoms with Gasteiger partial charge in [-0.2, -0.15) is 0 Å². The molecule has 0 saturated carbocycles. The Hall–Kier alpha value is -1.22. The van der Waals surface area contributed by atoms with Crippen molar-refractivity contribution in [1.82, 2.24) is 0 Å². The minimum absolute atomic E-state index is 0.0183. The van der Waals surface area contributed by atoms with Gasteiger partial charge in [-0.3, -0.25) is 9.59 Å². The minimum atomic E-state index is -0.895. The Labute approximate surface area is 130 Å². The molecule has 0 aromatic heterocycles. The maximum absolute atomic E-state index is 11.5. The van der Waals surface area contributed by atoms with Crippen LogP contribution in [-0.2, 0) is 28.5 Å². The molecule has 0 heterocycles. The Balaban J connectivity index is 3.44. The van der Waals surface area contributed by atoms with Crippen molar-refractivity contribution in [3.63, 3.8) is 0 Å². The molecule has 0 bridgehead atoms. The molecule has 0 aliphatic carbocycles. The molecule has 22 heavy (non-hydrogen) atoms. The van der Waals surface area contributed by atoms with Crippen LogP contribution in [0.3, 0.4) is 0 Å². The van der Waals surface area contributed by atoms with Crippen LogP contribution in [0.25, 0.3) is 0 Å². The highest BCUT2D eigenvalue weighted by Crippen LogP contribution is 2.09. The summed E-state index contributed by atoms with van der Waals surface area (Å²) in [7, 11) is 0. The first kappa shape index (κ1) is 20.8. The lowest BCUT2D eigenvalue weighted by Crippen LogP contribution is -2.32. The Morgan fingerprint density at radius 1 is 1.05 bits per heavy atom. The highest BCUT2D eigenvalue weighted by Gasteiger charge is 2.18. The summed E-state index contributed by atoms with van der Waals surface area (Å²) in [6, 6.07) is 0. The van der Waals surface area contributed by atoms with Crippen molar-refractivity contribution >= 4 is 11.9 Å². The second-order valence-electron chi connectivity index (χ2n) is 5.57. The summed E-state index contributed by atoms with van der Waals surface area (Å²) in [6.07, 6.45) is -0.775. The maximum atomic E-state index is 11.5. The highest BCUT2D eigenvalue weighted by atomic mass is 16.6. The van der Waals surface area contributed by atoms with Crippen LogP contribution in [0.15, 0.2) is 0 Å². The van der Waals surface area contributed by atoms with Gasteiger partial charge in [-0.15, -0.1) is 0 Å². The van der Waals surface area contributed by atoms with Crippen molar-refractivity contribution in [2.75, 3.05) is 33.0 Å². The lowest BCUT2D eigenvalue weighted by molar-refractivity contribution is -0.158. The summed E-state index contributed by atoms with van der Waals surface area (Å²) < 4.78 is 20.6. The van der Waals surface area contributed by atoms with Crippen molar-refractivity contribution in [1.29, 1.82) is 0 Å². The van der Waals surface area contributed by atoms with Crippen molar-refractivity contribution in [3.05, 3.63) is 0 Å². The number of esters is 1. The Bertz CT molecular complexity index is 328. The average molecular weight is 321 g/mol. The molecule has 130 valence electrons. The van der Waals surface area contributed by atoms with Crippen molar-refractivity contribution in [3.8, 4) is 0 Å². The molecule has 0 fully saturated rings. The zero-order valence-corrected chi connectivity index (χ0v) is 13.5. The van der Waals surface area contributed by atoms with E-state index < -0.39 is 23.8 Å². The van der Waals surface area contributed by atoms with Gasteiger partial charge >= 0.3 is 11.9 Å². The van der Waals surface area contributed by atoms with Gasteiger partial charge in [-0.1, -0.05) is 0 Å². The topological polar surface area (TPSA) is 117 Å². The van der Waals surface area contributed by atoms with Gasteiger partial charge in [0, 0.05) is 0 Å². The Morgan fingerprint density at radius 2 is 1.59 bits per heavy atom. The predicted octanol–water partition coefficient (Wildman–Crippen LogP) is 0.528. The molecular weight excluding hydrogens is 294 g/mol. The molecule has 3 N–H and O–H groups in total. The number of carbonyl (C=O) groups excluding carboxylic acids is 1. The zero-order chi connectivity index (χ0) is 17.0. The third kappa shape index (κ3) is 15.2. The molecule has 1 unspecified atom stereocenters. The number of rotatable bonds is 12. The van der Waals surface area contributed by atoms with Crippen molar-refractivity contribution in [2.45, 2.75) is 45.4 Å². The molecule has 8 heteroatoms. The maximum Gasteiger partial charge on any atom is 0.310 e. The zero-order valence-electron chi connectivity index (χ0n) is 13.5. The van der Waals surface area contributed by atoms with E-state index >= 15 is 0 Å². The first-order valence-electron chi connectivity index (χ1n) is 7.17. The fraction of sp³-hybridized carbons (Fsp3) is 0.857. The standard InChI is InChI=1S/C14H27NO7/c1-14(2,3)22-13(18)10-11(15)21-9-8-20-7-6-19-5-4-12(16)17/h11H,4-10,15H2,1-3H3,(H,16,17). The van der Waals surface area contributed by atoms with Crippen LogP contribution in [-0.4, -0.2) is 61.9 Å². The SMILES string of the molecule is CC(C)(C)OC(=O)CC(N)OCCOCCOCCC(=O)O. The number of carbonyl (C=O) groups is 2. The van der Waals surface area contributed by atoms with E-state index in [1.807, 2.05) is 0 Å². The van der Waals surface area contributed by atoms with Gasteiger partial charge in [-0.05, 0) is 20.8 Å². The lowest BCUT2D eigenvalue weighted by Gasteiger charge is -2.21. The fourth-order valence-corrected chi connectivity index (χ4v) is 1.35. The van der Waals surface area contributed by atoms with Gasteiger partial charge in [0.2, 0.25) is 0 Å². The molecule has 0 spiro atoms. The largest absolute Gasteiger partial charge is 0.481 e. The highest BCUT2D eigenvalue weighted by molar-refractivity contribution is 5.70. The molecule has 0 aromatic rings. The number of carboxylic acids is 1. The van der Waals surface area contributed by atoms with Crippen LogP contribution in [0.1, 0.15) is 33.6 Å². The fourth-order valence-electron chi connectivity index (χ4n) is 1.35. The molecule has 1 atom stereocenters. The van der Waals surface area contributed by atoms with Crippen LogP contribution < -0.4 is 5.73 Å². The third-order valence-corrected chi connectivity index (χ3v) is 2.18. The first-order valence-corrected chi connectivity index (χ1v) is 7.17. The van der Waals surface area contributed by atoms with Gasteiger partial charge in [0.1, 0.15) is 11.8 Å². The van der Waals surface area contributed by atoms with Gasteiger partial charge in [0.05, 0.1) is 45.9 Å². The number of aliphatic carboxylic acids is 1. The van der Waals surface area contributed by atoms with E-state index in [0.29, 0.717) is 19.8 Å². The number of nitrogens with two attached hydrogens (primary N) is 1. The lowest BCUT2D eigenvalue weighted by atomic mass is 10.2. The van der Waals surface area contributed by atoms with E-state index in [2.05, 4.69) is 0 Å². The molecular formula is C14H27NO7. The van der Waals surface area contributed by atoms with Gasteiger partial charge in [0.25, 0.3) is 0 Å². The Kier molecular flexibility index (Phi) is 10.7. The minimum Gasteiger partial charge on any atom is -0.481 e. The number of hydrogen-bond acceptors (Lipinski definition) is 7. The molecule has 0 amide bonds. The van der Waals surface area contributed by atoms with Crippen LogP contribution in [0.2, 0.25) is 0 Å². The summed E-state index contributed by atoms with van der Waals surface area (Å²) in [6.45, 7) is 6.72. The van der Waals surface area contributed by atoms with Gasteiger partial charge in [0.15, 0.2) is 0 Å². The smallest absolute Gasteiger partial charge is 0.310 e. The summed E-state index contributed by atoms with van der Waals surface area (Å²) in [5, 5.41) is 8.39. The number of hydrogen-bond donors (Lipinski definition) is 2. The van der Waals surface area contributed by atoms with Crippen LogP contribution >= 0.6 is 0 Å². The van der Waals surface area contributed by atoms with E-state index in [9.17, 15) is 9.59 Å². The molecule has 0 rings (SSSR count). The van der Waals surface area contributed by atoms with Crippen LogP contribution in [0, 0.1) is 0 Å². The van der Waals surface area contributed by atoms with E-state index in [-0.39, 0.29) is 26.1 Å². The second kappa shape index (κ2) is 11.4. The quantitative estimate of drug-likeness (QED) is 0.304. The summed E-state index contributed by atoms with van der Waals surface area (Å²) >= 11 is 0. The molecule has 0 aromatic carbocycles. The molecule has 0 radical (unpaired) electrons. The number of ether oxygens (including phenoxy) is 4. The summed E-state index contributed by atoms with van der Waals surface area (Å²) in [5.41, 5.74) is 5.10. The Morgan fingerprint density at radius 3 is 2.14 bits per heavy atom. The van der Waals surface area contributed by atoms with Crippen molar-refractivity contribution in [2.24, 2.45) is 5.73 Å². The van der Waals surface area contributed by atoms with Crippen LogP contribution in [0.4, 0.5) is 0 Å². The third-order valence-electron chi connectivity index (χ3n) is 2.18. The van der Waals surface area contributed by atoms with E-state index in [4.69, 9.17) is 29.8 Å². The van der Waals surface area contributed by atoms with E-state index in [1.165, 1.54) is 0 Å². The van der Waals surface area contributed by atoms with Crippen LogP contribution in [0.5, 0.6) is 0 Å². The first-order chi connectivity index (χ1) is 10.2. The molecule has 0 saturated heterocycles. The predicted molar refractivity (Wildman–Crippen MR) is 78.3 cm³/mol. The van der Waals surface area contributed by atoms with E-state index in [1.54, 1.807) is 20.8 Å². The molecule has 8 nitrogen and oxygen atoms in total. The summed E-state index contributed by atoms with van der Waals surface area (Å²) in [5.74, 6) is -1.30. The second-order valence-corrected chi connectivity index (χ2v) is 5.57. The number of carboxylic acid groups (broad SMARTS) is 1. The monoisotopic (exact) mass is 321 g/mol. The van der Waals surface area contributed by atoms with E-state index in [0.717, 1.165) is 0 Å². The average Bonchev–Trinajstić information content (AvgIpc) is 2.33. The van der Waals surface area contributed by atoms with Gasteiger partial charge in [-0.25, -0.2) is 0 Å². The normalized spacial score (nSPS) is 12.9. The molecule has 0 aliphatic rings. The molecule has 0 aliphatic heterocycles. The summed E-state index contributed by atoms with van der Waals surface area (Å²) in [4.78, 5) is 21.7. The van der Waals surface area contributed by atoms with Gasteiger partial charge < -0.3 is 29.8 Å². The van der Waals surface area contributed by atoms with Crippen molar-refractivity contribution < 1.29 is 33.6 Å².